The van der Waals surface area contributed by atoms with E-state index in [-0.39, 0.29) is 17.8 Å². The molecule has 0 saturated heterocycles. The average molecular weight is 253 g/mol. The molecule has 0 saturated carbocycles. The lowest BCUT2D eigenvalue weighted by molar-refractivity contribution is -0.136. The van der Waals surface area contributed by atoms with E-state index in [2.05, 4.69) is 10.6 Å². The molecule has 0 atom stereocenters. The third-order valence-corrected chi connectivity index (χ3v) is 2.53. The molecule has 1 heterocycles. The lowest BCUT2D eigenvalue weighted by Crippen LogP contribution is -2.36. The number of hydrogen-bond acceptors (Lipinski definition) is 3. The number of hydrogen-bond donors (Lipinski definition) is 2. The third kappa shape index (κ3) is 4.57. The number of amides is 4. The van der Waals surface area contributed by atoms with E-state index in [0.717, 1.165) is 12.8 Å². The summed E-state index contributed by atoms with van der Waals surface area (Å²) >= 11 is 0. The maximum atomic E-state index is 11.2. The Morgan fingerprint density at radius 3 is 2.33 bits per heavy atom. The molecule has 0 bridgehead atoms. The molecule has 1 aliphatic rings. The van der Waals surface area contributed by atoms with Gasteiger partial charge in [-0.3, -0.25) is 14.5 Å². The molecule has 0 radical (unpaired) electrons. The van der Waals surface area contributed by atoms with Crippen molar-refractivity contribution >= 4 is 17.8 Å². The summed E-state index contributed by atoms with van der Waals surface area (Å²) in [6.07, 6.45) is 4.88. The highest BCUT2D eigenvalue weighted by Crippen LogP contribution is 2.04. The van der Waals surface area contributed by atoms with Crippen LogP contribution in [0.4, 0.5) is 4.79 Å². The predicted molar refractivity (Wildman–Crippen MR) is 66.8 cm³/mol. The molecule has 1 rings (SSSR count). The number of urea groups is 1. The van der Waals surface area contributed by atoms with Crippen LogP contribution >= 0.6 is 0 Å². The van der Waals surface area contributed by atoms with Gasteiger partial charge in [0, 0.05) is 31.8 Å². The molecule has 0 fully saturated rings. The molecule has 0 aromatic carbocycles. The van der Waals surface area contributed by atoms with Crippen molar-refractivity contribution in [2.75, 3.05) is 19.6 Å². The van der Waals surface area contributed by atoms with Crippen LogP contribution in [0, 0.1) is 0 Å². The second kappa shape index (κ2) is 7.47. The smallest absolute Gasteiger partial charge is 0.314 e. The molecule has 0 aliphatic carbocycles. The Hall–Kier alpha value is -1.85. The van der Waals surface area contributed by atoms with E-state index in [1.807, 2.05) is 6.92 Å². The quantitative estimate of drug-likeness (QED) is 0.509. The number of carbonyl (C=O) groups excluding carboxylic acids is 3. The van der Waals surface area contributed by atoms with Gasteiger partial charge in [-0.2, -0.15) is 0 Å². The van der Waals surface area contributed by atoms with Crippen molar-refractivity contribution in [3.05, 3.63) is 12.2 Å². The fourth-order valence-corrected chi connectivity index (χ4v) is 1.55. The highest BCUT2D eigenvalue weighted by Gasteiger charge is 2.22. The standard InChI is InChI=1S/C12H19N3O3/c1-2-7-13-12(18)14-8-3-4-9-15-10(16)5-6-11(15)17/h5-6H,2-4,7-9H2,1H3,(H2,13,14,18). The van der Waals surface area contributed by atoms with Crippen LogP contribution in [0.2, 0.25) is 0 Å². The molecule has 4 amide bonds. The van der Waals surface area contributed by atoms with Crippen molar-refractivity contribution in [3.63, 3.8) is 0 Å². The van der Waals surface area contributed by atoms with Crippen LogP contribution in [0.5, 0.6) is 0 Å². The minimum absolute atomic E-state index is 0.174. The highest BCUT2D eigenvalue weighted by atomic mass is 16.2. The summed E-state index contributed by atoms with van der Waals surface area (Å²) in [5.41, 5.74) is 0. The van der Waals surface area contributed by atoms with Gasteiger partial charge >= 0.3 is 6.03 Å². The zero-order valence-corrected chi connectivity index (χ0v) is 10.6. The topological polar surface area (TPSA) is 78.5 Å². The van der Waals surface area contributed by atoms with Gasteiger partial charge in [0.1, 0.15) is 0 Å². The molecule has 0 aromatic heterocycles. The monoisotopic (exact) mass is 253 g/mol. The van der Waals surface area contributed by atoms with E-state index >= 15 is 0 Å². The lowest BCUT2D eigenvalue weighted by Gasteiger charge is -2.13. The number of nitrogens with zero attached hydrogens (tertiary/aromatic N) is 1. The van der Waals surface area contributed by atoms with E-state index in [0.29, 0.717) is 26.1 Å². The fraction of sp³-hybridized carbons (Fsp3) is 0.583. The first-order chi connectivity index (χ1) is 8.65. The van der Waals surface area contributed by atoms with Crippen LogP contribution in [0.3, 0.4) is 0 Å². The van der Waals surface area contributed by atoms with E-state index in [1.54, 1.807) is 0 Å². The number of rotatable bonds is 7. The zero-order valence-electron chi connectivity index (χ0n) is 10.6. The van der Waals surface area contributed by atoms with Crippen molar-refractivity contribution in [2.24, 2.45) is 0 Å². The molecule has 6 nitrogen and oxygen atoms in total. The lowest BCUT2D eigenvalue weighted by atomic mass is 10.3. The molecule has 2 N–H and O–H groups in total. The van der Waals surface area contributed by atoms with Crippen LogP contribution in [-0.4, -0.2) is 42.4 Å². The molecule has 0 aromatic rings. The van der Waals surface area contributed by atoms with E-state index in [1.165, 1.54) is 17.1 Å². The zero-order chi connectivity index (χ0) is 13.4. The van der Waals surface area contributed by atoms with Crippen LogP contribution in [0.15, 0.2) is 12.2 Å². The van der Waals surface area contributed by atoms with Gasteiger partial charge in [-0.1, -0.05) is 6.92 Å². The first-order valence-electron chi connectivity index (χ1n) is 6.20. The number of carbonyl (C=O) groups is 3. The Labute approximate surface area is 106 Å². The van der Waals surface area contributed by atoms with Crippen LogP contribution < -0.4 is 10.6 Å². The number of nitrogens with one attached hydrogen (secondary N) is 2. The minimum atomic E-state index is -0.256. The molecule has 1 aliphatic heterocycles. The van der Waals surface area contributed by atoms with Gasteiger partial charge in [-0.25, -0.2) is 4.79 Å². The molecule has 0 spiro atoms. The first-order valence-corrected chi connectivity index (χ1v) is 6.20. The number of unbranched alkanes of at least 4 members (excludes halogenated alkanes) is 1. The summed E-state index contributed by atoms with van der Waals surface area (Å²) in [6, 6.07) is -0.174. The molecule has 6 heteroatoms. The Kier molecular flexibility index (Phi) is 5.90. The SMILES string of the molecule is CCCNC(=O)NCCCCN1C(=O)C=CC1=O. The molecule has 0 unspecified atom stereocenters. The Balaban J connectivity index is 2.04. The fourth-order valence-electron chi connectivity index (χ4n) is 1.55. The van der Waals surface area contributed by atoms with Crippen LogP contribution in [0.1, 0.15) is 26.2 Å². The Bertz CT molecular complexity index is 334. The van der Waals surface area contributed by atoms with E-state index in [4.69, 9.17) is 0 Å². The first kappa shape index (κ1) is 14.2. The number of imide groups is 1. The average Bonchev–Trinajstić information content (AvgIpc) is 2.67. The minimum Gasteiger partial charge on any atom is -0.338 e. The summed E-state index contributed by atoms with van der Waals surface area (Å²) < 4.78 is 0. The van der Waals surface area contributed by atoms with Crippen molar-refractivity contribution < 1.29 is 14.4 Å². The van der Waals surface area contributed by atoms with E-state index in [9.17, 15) is 14.4 Å². The Morgan fingerprint density at radius 2 is 1.72 bits per heavy atom. The van der Waals surface area contributed by atoms with Gasteiger partial charge < -0.3 is 10.6 Å². The maximum absolute atomic E-state index is 11.2. The summed E-state index contributed by atoms with van der Waals surface area (Å²) in [5, 5.41) is 5.41. The third-order valence-electron chi connectivity index (χ3n) is 2.53. The van der Waals surface area contributed by atoms with E-state index < -0.39 is 0 Å². The molecule has 100 valence electrons. The van der Waals surface area contributed by atoms with Gasteiger partial charge in [-0.05, 0) is 19.3 Å². The van der Waals surface area contributed by atoms with Crippen molar-refractivity contribution in [1.29, 1.82) is 0 Å². The predicted octanol–water partition coefficient (Wildman–Crippen LogP) is 0.401. The van der Waals surface area contributed by atoms with Gasteiger partial charge in [0.25, 0.3) is 11.8 Å². The van der Waals surface area contributed by atoms with Crippen molar-refractivity contribution in [2.45, 2.75) is 26.2 Å². The maximum Gasteiger partial charge on any atom is 0.314 e. The second-order valence-electron chi connectivity index (χ2n) is 4.05. The largest absolute Gasteiger partial charge is 0.338 e. The van der Waals surface area contributed by atoms with Gasteiger partial charge in [0.15, 0.2) is 0 Å². The van der Waals surface area contributed by atoms with Crippen LogP contribution in [0.25, 0.3) is 0 Å². The van der Waals surface area contributed by atoms with Gasteiger partial charge in [0.05, 0.1) is 0 Å². The summed E-state index contributed by atoms with van der Waals surface area (Å²) in [7, 11) is 0. The van der Waals surface area contributed by atoms with Crippen LogP contribution in [-0.2, 0) is 9.59 Å². The second-order valence-corrected chi connectivity index (χ2v) is 4.05. The van der Waals surface area contributed by atoms with Crippen molar-refractivity contribution in [1.82, 2.24) is 15.5 Å². The van der Waals surface area contributed by atoms with Gasteiger partial charge in [0.2, 0.25) is 0 Å². The normalized spacial score (nSPS) is 14.2. The highest BCUT2D eigenvalue weighted by molar-refractivity contribution is 6.12. The summed E-state index contributed by atoms with van der Waals surface area (Å²) in [5.74, 6) is -0.512. The summed E-state index contributed by atoms with van der Waals surface area (Å²) in [4.78, 5) is 34.8. The summed E-state index contributed by atoms with van der Waals surface area (Å²) in [6.45, 7) is 3.59. The molecular weight excluding hydrogens is 234 g/mol. The Morgan fingerprint density at radius 1 is 1.11 bits per heavy atom. The van der Waals surface area contributed by atoms with Crippen molar-refractivity contribution in [3.8, 4) is 0 Å². The molecule has 18 heavy (non-hydrogen) atoms. The molecular formula is C12H19N3O3. The van der Waals surface area contributed by atoms with Gasteiger partial charge in [-0.15, -0.1) is 0 Å².